The smallest absolute Gasteiger partial charge is 0.283 e. The second kappa shape index (κ2) is 7.92. The van der Waals surface area contributed by atoms with Crippen molar-refractivity contribution in [1.29, 1.82) is 0 Å². The van der Waals surface area contributed by atoms with E-state index in [4.69, 9.17) is 36.5 Å². The Bertz CT molecular complexity index is 1050. The number of ether oxygens (including phenoxy) is 3. The predicted octanol–water partition coefficient (Wildman–Crippen LogP) is 4.93. The Morgan fingerprint density at radius 3 is 2.75 bits per heavy atom. The monoisotopic (exact) mass is 455 g/mol. The molecule has 170 valence electrons. The highest BCUT2D eigenvalue weighted by Gasteiger charge is 2.55. The SMILES string of the molecule is CC(C)(C)CO[C@H]1CCC2Oc3ccc(-c4cncc(Cl)c4)cc3C3(COC(N)=N3)C2C1. The van der Waals surface area contributed by atoms with Crippen LogP contribution in [0.1, 0.15) is 45.6 Å². The number of hydrogen-bond donors (Lipinski definition) is 1. The first-order valence-corrected chi connectivity index (χ1v) is 11.6. The Morgan fingerprint density at radius 2 is 2.03 bits per heavy atom. The zero-order valence-electron chi connectivity index (χ0n) is 18.8. The van der Waals surface area contributed by atoms with Crippen LogP contribution in [0, 0.1) is 11.3 Å². The maximum Gasteiger partial charge on any atom is 0.283 e. The van der Waals surface area contributed by atoms with Crippen LogP contribution in [-0.4, -0.2) is 36.4 Å². The minimum atomic E-state index is -0.575. The molecule has 0 radical (unpaired) electrons. The number of amidine groups is 1. The third-order valence-corrected chi connectivity index (χ3v) is 6.82. The molecule has 0 amide bonds. The van der Waals surface area contributed by atoms with Crippen molar-refractivity contribution in [2.75, 3.05) is 13.2 Å². The fourth-order valence-electron chi connectivity index (χ4n) is 5.12. The van der Waals surface area contributed by atoms with Gasteiger partial charge >= 0.3 is 0 Å². The third kappa shape index (κ3) is 3.95. The van der Waals surface area contributed by atoms with Gasteiger partial charge in [0.1, 0.15) is 24.0 Å². The van der Waals surface area contributed by atoms with Gasteiger partial charge in [-0.1, -0.05) is 38.4 Å². The second-order valence-corrected chi connectivity index (χ2v) is 10.8. The summed E-state index contributed by atoms with van der Waals surface area (Å²) in [6, 6.07) is 8.35. The molecule has 4 atom stereocenters. The normalized spacial score (nSPS) is 29.0. The maximum atomic E-state index is 6.50. The summed E-state index contributed by atoms with van der Waals surface area (Å²) in [5.74, 6) is 0.976. The number of hydrogen-bond acceptors (Lipinski definition) is 6. The molecule has 5 rings (SSSR count). The van der Waals surface area contributed by atoms with E-state index in [1.165, 1.54) is 0 Å². The van der Waals surface area contributed by atoms with Crippen LogP contribution in [-0.2, 0) is 15.0 Å². The van der Waals surface area contributed by atoms with Gasteiger partial charge < -0.3 is 19.9 Å². The Hall–Kier alpha value is -2.31. The summed E-state index contributed by atoms with van der Waals surface area (Å²) in [5.41, 5.74) is 8.59. The fraction of sp³-hybridized carbons (Fsp3) is 0.520. The molecule has 1 aromatic carbocycles. The van der Waals surface area contributed by atoms with E-state index in [0.29, 0.717) is 11.6 Å². The summed E-state index contributed by atoms with van der Waals surface area (Å²) in [4.78, 5) is 9.13. The first-order chi connectivity index (χ1) is 15.2. The van der Waals surface area contributed by atoms with Crippen LogP contribution in [0.25, 0.3) is 11.1 Å². The topological polar surface area (TPSA) is 79.0 Å². The number of halogens is 1. The maximum absolute atomic E-state index is 6.50. The van der Waals surface area contributed by atoms with Crippen LogP contribution in [0.2, 0.25) is 5.02 Å². The lowest BCUT2D eigenvalue weighted by molar-refractivity contribution is -0.0757. The van der Waals surface area contributed by atoms with Crippen molar-refractivity contribution in [2.24, 2.45) is 22.1 Å². The van der Waals surface area contributed by atoms with Gasteiger partial charge in [0.25, 0.3) is 6.02 Å². The van der Waals surface area contributed by atoms with Crippen LogP contribution in [0.15, 0.2) is 41.7 Å². The summed E-state index contributed by atoms with van der Waals surface area (Å²) in [6.07, 6.45) is 6.46. The van der Waals surface area contributed by atoms with Crippen LogP contribution in [0.4, 0.5) is 0 Å². The van der Waals surface area contributed by atoms with Gasteiger partial charge in [0.05, 0.1) is 17.7 Å². The van der Waals surface area contributed by atoms with E-state index in [-0.39, 0.29) is 29.6 Å². The molecule has 1 saturated carbocycles. The lowest BCUT2D eigenvalue weighted by Crippen LogP contribution is -2.52. The van der Waals surface area contributed by atoms with E-state index in [1.807, 2.05) is 24.4 Å². The molecular weight excluding hydrogens is 426 g/mol. The Kier molecular flexibility index (Phi) is 5.33. The number of aromatic nitrogens is 1. The molecule has 1 fully saturated rings. The standard InChI is InChI=1S/C25H30ClN3O3/c1-24(2,3)13-30-18-5-7-22-20(10-18)25(14-31-23(27)29-25)19-9-15(4-6-21(19)32-22)16-8-17(26)12-28-11-16/h4,6,8-9,11-12,18,20,22H,5,7,10,13-14H2,1-3H3,(H2,27,29)/t18-,20?,22?,25?/m0/s1. The van der Waals surface area contributed by atoms with Crippen molar-refractivity contribution in [3.8, 4) is 16.9 Å². The zero-order chi connectivity index (χ0) is 22.5. The molecule has 1 aliphatic carbocycles. The highest BCUT2D eigenvalue weighted by molar-refractivity contribution is 6.30. The van der Waals surface area contributed by atoms with E-state index in [9.17, 15) is 0 Å². The molecule has 2 aliphatic heterocycles. The molecule has 2 aromatic rings. The number of aliphatic imine (C=N–C) groups is 1. The first kappa shape index (κ1) is 21.5. The van der Waals surface area contributed by atoms with Crippen LogP contribution in [0.5, 0.6) is 5.75 Å². The lowest BCUT2D eigenvalue weighted by atomic mass is 9.67. The molecule has 1 aromatic heterocycles. The molecule has 1 spiro atoms. The molecule has 0 saturated heterocycles. The quantitative estimate of drug-likeness (QED) is 0.709. The van der Waals surface area contributed by atoms with E-state index < -0.39 is 5.54 Å². The number of rotatable bonds is 3. The van der Waals surface area contributed by atoms with Crippen LogP contribution in [0.3, 0.4) is 0 Å². The average Bonchev–Trinajstić information content (AvgIpc) is 3.14. The van der Waals surface area contributed by atoms with Gasteiger partial charge in [-0.15, -0.1) is 0 Å². The minimum absolute atomic E-state index is 0.0638. The fourth-order valence-corrected chi connectivity index (χ4v) is 5.30. The van der Waals surface area contributed by atoms with Crippen molar-refractivity contribution < 1.29 is 14.2 Å². The van der Waals surface area contributed by atoms with Crippen molar-refractivity contribution >= 4 is 17.6 Å². The molecular formula is C25H30ClN3O3. The van der Waals surface area contributed by atoms with Crippen molar-refractivity contribution in [1.82, 2.24) is 4.98 Å². The number of nitrogens with two attached hydrogens (primary N) is 1. The highest BCUT2D eigenvalue weighted by Crippen LogP contribution is 2.53. The summed E-state index contributed by atoms with van der Waals surface area (Å²) in [5, 5.41) is 0.601. The minimum Gasteiger partial charge on any atom is -0.490 e. The van der Waals surface area contributed by atoms with E-state index in [2.05, 4.69) is 31.8 Å². The summed E-state index contributed by atoms with van der Waals surface area (Å²) in [6.45, 7) is 7.74. The molecule has 32 heavy (non-hydrogen) atoms. The van der Waals surface area contributed by atoms with E-state index in [0.717, 1.165) is 48.3 Å². The Labute approximate surface area is 194 Å². The van der Waals surface area contributed by atoms with E-state index in [1.54, 1.807) is 6.20 Å². The first-order valence-electron chi connectivity index (χ1n) is 11.3. The third-order valence-electron chi connectivity index (χ3n) is 6.62. The molecule has 3 aliphatic rings. The zero-order valence-corrected chi connectivity index (χ0v) is 19.6. The van der Waals surface area contributed by atoms with E-state index >= 15 is 0 Å². The number of benzene rings is 1. The summed E-state index contributed by atoms with van der Waals surface area (Å²) >= 11 is 6.19. The van der Waals surface area contributed by atoms with Crippen molar-refractivity contribution in [3.63, 3.8) is 0 Å². The number of pyridine rings is 1. The van der Waals surface area contributed by atoms with Gasteiger partial charge in [-0.3, -0.25) is 4.98 Å². The van der Waals surface area contributed by atoms with Crippen molar-refractivity contribution in [3.05, 3.63) is 47.2 Å². The summed E-state index contributed by atoms with van der Waals surface area (Å²) < 4.78 is 18.6. The molecule has 3 unspecified atom stereocenters. The Morgan fingerprint density at radius 1 is 1.19 bits per heavy atom. The molecule has 3 heterocycles. The van der Waals surface area contributed by atoms with Crippen LogP contribution < -0.4 is 10.5 Å². The highest BCUT2D eigenvalue weighted by atomic mass is 35.5. The van der Waals surface area contributed by atoms with Crippen molar-refractivity contribution in [2.45, 2.75) is 57.8 Å². The van der Waals surface area contributed by atoms with Gasteiger partial charge in [0.15, 0.2) is 0 Å². The molecule has 2 N–H and O–H groups in total. The van der Waals surface area contributed by atoms with Gasteiger partial charge in [0.2, 0.25) is 0 Å². The second-order valence-electron chi connectivity index (χ2n) is 10.3. The Balaban J connectivity index is 1.52. The number of nitrogens with zero attached hydrogens (tertiary/aromatic N) is 2. The lowest BCUT2D eigenvalue weighted by Gasteiger charge is -2.48. The van der Waals surface area contributed by atoms with Crippen LogP contribution >= 0.6 is 11.6 Å². The van der Waals surface area contributed by atoms with Gasteiger partial charge in [0, 0.05) is 29.4 Å². The van der Waals surface area contributed by atoms with Gasteiger partial charge in [-0.05, 0) is 48.4 Å². The number of fused-ring (bicyclic) bond motifs is 4. The van der Waals surface area contributed by atoms with Gasteiger partial charge in [-0.25, -0.2) is 4.99 Å². The molecule has 7 heteroatoms. The summed E-state index contributed by atoms with van der Waals surface area (Å²) in [7, 11) is 0. The average molecular weight is 456 g/mol. The van der Waals surface area contributed by atoms with Gasteiger partial charge in [-0.2, -0.15) is 0 Å². The molecule has 6 nitrogen and oxygen atoms in total. The largest absolute Gasteiger partial charge is 0.490 e. The predicted molar refractivity (Wildman–Crippen MR) is 125 cm³/mol. The molecule has 0 bridgehead atoms.